The number of carbonyl (C=O) groups is 1. The summed E-state index contributed by atoms with van der Waals surface area (Å²) in [4.78, 5) is 12.6. The molecule has 2 aliphatic rings. The highest BCUT2D eigenvalue weighted by Crippen LogP contribution is 2.41. The Morgan fingerprint density at radius 2 is 1.95 bits per heavy atom. The van der Waals surface area contributed by atoms with E-state index in [4.69, 9.17) is 4.74 Å². The second kappa shape index (κ2) is 11.6. The Kier molecular flexibility index (Phi) is 8.25. The summed E-state index contributed by atoms with van der Waals surface area (Å²) in [5.41, 5.74) is 2.48. The third kappa shape index (κ3) is 5.90. The summed E-state index contributed by atoms with van der Waals surface area (Å²) >= 11 is 0. The van der Waals surface area contributed by atoms with Gasteiger partial charge < -0.3 is 9.84 Å². The maximum Gasteiger partial charge on any atom is 0.309 e. The van der Waals surface area contributed by atoms with Gasteiger partial charge in [-0.2, -0.15) is 4.31 Å². The van der Waals surface area contributed by atoms with E-state index in [9.17, 15) is 18.3 Å². The van der Waals surface area contributed by atoms with Gasteiger partial charge in [-0.25, -0.2) is 13.1 Å². The molecule has 1 saturated carbocycles. The average molecular weight is 581 g/mol. The Hall–Kier alpha value is -3.24. The predicted octanol–water partition coefficient (Wildman–Crippen LogP) is 5.50. The Labute approximate surface area is 242 Å². The van der Waals surface area contributed by atoms with Crippen molar-refractivity contribution in [2.24, 2.45) is 5.41 Å². The molecule has 2 heterocycles. The molecule has 220 valence electrons. The third-order valence-corrected chi connectivity index (χ3v) is 10.7. The number of benzene rings is 2. The van der Waals surface area contributed by atoms with Crippen LogP contribution in [-0.4, -0.2) is 51.4 Å². The second-order valence-electron chi connectivity index (χ2n) is 12.0. The molecule has 9 nitrogen and oxygen atoms in total. The molecule has 0 unspecified atom stereocenters. The van der Waals surface area contributed by atoms with Crippen molar-refractivity contribution in [1.82, 2.24) is 19.3 Å². The van der Waals surface area contributed by atoms with Crippen molar-refractivity contribution in [3.8, 4) is 5.75 Å². The average Bonchev–Trinajstić information content (AvgIpc) is 3.32. The van der Waals surface area contributed by atoms with Gasteiger partial charge in [0.1, 0.15) is 16.7 Å². The topological polar surface area (TPSA) is 115 Å². The molecule has 0 saturated heterocycles. The van der Waals surface area contributed by atoms with E-state index in [0.717, 1.165) is 35.2 Å². The Morgan fingerprint density at radius 3 is 2.63 bits per heavy atom. The second-order valence-corrected chi connectivity index (χ2v) is 13.9. The molecular formula is C31H40N4O5S. The lowest BCUT2D eigenvalue weighted by Crippen LogP contribution is -2.36. The van der Waals surface area contributed by atoms with Gasteiger partial charge in [-0.05, 0) is 94.0 Å². The fourth-order valence-corrected chi connectivity index (χ4v) is 7.29. The molecule has 0 radical (unpaired) electrons. The van der Waals surface area contributed by atoms with Gasteiger partial charge in [-0.1, -0.05) is 42.5 Å². The quantitative estimate of drug-likeness (QED) is 0.337. The van der Waals surface area contributed by atoms with Crippen LogP contribution in [0, 0.1) is 12.3 Å². The number of hydrogen-bond acceptors (Lipinski definition) is 6. The molecule has 1 aliphatic carbocycles. The summed E-state index contributed by atoms with van der Waals surface area (Å²) in [6, 6.07) is 13.1. The fourth-order valence-electron chi connectivity index (χ4n) is 5.72. The van der Waals surface area contributed by atoms with Crippen molar-refractivity contribution >= 4 is 16.0 Å². The molecule has 0 bridgehead atoms. The number of carboxylic acid groups (broad SMARTS) is 1. The van der Waals surface area contributed by atoms with Gasteiger partial charge in [0.15, 0.2) is 0 Å². The number of rotatable bonds is 10. The summed E-state index contributed by atoms with van der Waals surface area (Å²) in [5.74, 6) is -0.816. The van der Waals surface area contributed by atoms with Crippen LogP contribution in [0.15, 0.2) is 53.6 Å². The number of carboxylic acids is 1. The van der Waals surface area contributed by atoms with E-state index in [0.29, 0.717) is 31.1 Å². The first-order valence-electron chi connectivity index (χ1n) is 14.5. The molecule has 10 heteroatoms. The standard InChI is InChI=1S/C31H40N4O5S/c1-5-26-20-34(41(38,39)29-12-7-6-11-28(29)40-26)18-23-17-22(14-13-21(23)2)27(31(3,4)30(36)37)16-15-24-19-35(33-32-24)25-9-8-10-25/h6-7,11-14,17,19,25-27H,5,8-10,15-16,18,20H2,1-4H3,(H,36,37)/t26-,27-/m1/s1. The maximum atomic E-state index is 13.8. The molecule has 3 aromatic rings. The summed E-state index contributed by atoms with van der Waals surface area (Å²) in [5, 5.41) is 18.9. The SMILES string of the molecule is CC[C@@H]1CN(Cc2cc([C@@H](CCc3cn(C4CCC4)nn3)C(C)(C)C(=O)O)ccc2C)S(=O)(=O)c2ccccc2O1. The summed E-state index contributed by atoms with van der Waals surface area (Å²) < 4.78 is 37.0. The van der Waals surface area contributed by atoms with Crippen LogP contribution in [0.5, 0.6) is 5.75 Å². The zero-order chi connectivity index (χ0) is 29.4. The van der Waals surface area contributed by atoms with E-state index in [2.05, 4.69) is 10.3 Å². The first-order valence-corrected chi connectivity index (χ1v) is 15.9. The lowest BCUT2D eigenvalue weighted by Gasteiger charge is -2.32. The van der Waals surface area contributed by atoms with E-state index < -0.39 is 21.4 Å². The molecule has 41 heavy (non-hydrogen) atoms. The minimum absolute atomic E-state index is 0.171. The molecule has 2 atom stereocenters. The number of hydrogen-bond donors (Lipinski definition) is 1. The van der Waals surface area contributed by atoms with Crippen LogP contribution in [0.4, 0.5) is 0 Å². The van der Waals surface area contributed by atoms with Crippen molar-refractivity contribution in [1.29, 1.82) is 0 Å². The molecule has 1 aromatic heterocycles. The van der Waals surface area contributed by atoms with Crippen molar-refractivity contribution in [2.45, 2.75) is 95.7 Å². The van der Waals surface area contributed by atoms with Gasteiger partial charge in [-0.15, -0.1) is 5.10 Å². The van der Waals surface area contributed by atoms with Crippen LogP contribution in [0.25, 0.3) is 0 Å². The van der Waals surface area contributed by atoms with Crippen LogP contribution < -0.4 is 4.74 Å². The normalized spacial score (nSPS) is 20.0. The van der Waals surface area contributed by atoms with Crippen LogP contribution >= 0.6 is 0 Å². The Balaban J connectivity index is 1.44. The highest BCUT2D eigenvalue weighted by Gasteiger charge is 2.39. The minimum Gasteiger partial charge on any atom is -0.488 e. The van der Waals surface area contributed by atoms with Gasteiger partial charge >= 0.3 is 5.97 Å². The number of sulfonamides is 1. The van der Waals surface area contributed by atoms with Gasteiger partial charge in [0, 0.05) is 12.7 Å². The smallest absolute Gasteiger partial charge is 0.309 e. The number of aryl methyl sites for hydroxylation is 2. The number of aliphatic carboxylic acids is 1. The zero-order valence-corrected chi connectivity index (χ0v) is 25.1. The number of fused-ring (bicyclic) bond motifs is 1. The van der Waals surface area contributed by atoms with E-state index in [-0.39, 0.29) is 30.0 Å². The number of aromatic nitrogens is 3. The van der Waals surface area contributed by atoms with Crippen LogP contribution in [0.3, 0.4) is 0 Å². The van der Waals surface area contributed by atoms with Gasteiger partial charge in [0.25, 0.3) is 0 Å². The van der Waals surface area contributed by atoms with Crippen molar-refractivity contribution < 1.29 is 23.1 Å². The molecular weight excluding hydrogens is 540 g/mol. The summed E-state index contributed by atoms with van der Waals surface area (Å²) in [7, 11) is -3.80. The van der Waals surface area contributed by atoms with Crippen LogP contribution in [0.2, 0.25) is 0 Å². The van der Waals surface area contributed by atoms with Gasteiger partial charge in [-0.3, -0.25) is 4.79 Å². The Bertz CT molecular complexity index is 1510. The van der Waals surface area contributed by atoms with E-state index in [1.807, 2.05) is 42.9 Å². The third-order valence-electron chi connectivity index (χ3n) is 8.86. The highest BCUT2D eigenvalue weighted by atomic mass is 32.2. The number of ether oxygens (including phenoxy) is 1. The van der Waals surface area contributed by atoms with Crippen molar-refractivity contribution in [2.75, 3.05) is 6.54 Å². The van der Waals surface area contributed by atoms with Crippen LogP contribution in [-0.2, 0) is 27.8 Å². The van der Waals surface area contributed by atoms with Gasteiger partial charge in [0.2, 0.25) is 10.0 Å². The van der Waals surface area contributed by atoms with E-state index >= 15 is 0 Å². The van der Waals surface area contributed by atoms with Crippen molar-refractivity contribution in [3.05, 3.63) is 71.0 Å². The largest absolute Gasteiger partial charge is 0.488 e. The molecule has 1 aliphatic heterocycles. The van der Waals surface area contributed by atoms with E-state index in [1.54, 1.807) is 38.1 Å². The summed E-state index contributed by atoms with van der Waals surface area (Å²) in [6.45, 7) is 7.86. The molecule has 2 aromatic carbocycles. The molecule has 1 fully saturated rings. The zero-order valence-electron chi connectivity index (χ0n) is 24.3. The monoisotopic (exact) mass is 580 g/mol. The number of para-hydroxylation sites is 1. The minimum atomic E-state index is -3.80. The Morgan fingerprint density at radius 1 is 1.20 bits per heavy atom. The number of nitrogens with zero attached hydrogens (tertiary/aromatic N) is 4. The van der Waals surface area contributed by atoms with Crippen molar-refractivity contribution in [3.63, 3.8) is 0 Å². The van der Waals surface area contributed by atoms with Gasteiger partial charge in [0.05, 0.1) is 23.7 Å². The lowest BCUT2D eigenvalue weighted by atomic mass is 9.72. The first-order chi connectivity index (χ1) is 19.5. The van der Waals surface area contributed by atoms with Crippen LogP contribution in [0.1, 0.15) is 87.2 Å². The lowest BCUT2D eigenvalue weighted by molar-refractivity contribution is -0.148. The predicted molar refractivity (Wildman–Crippen MR) is 155 cm³/mol. The highest BCUT2D eigenvalue weighted by molar-refractivity contribution is 7.89. The molecule has 0 amide bonds. The molecule has 5 rings (SSSR count). The summed E-state index contributed by atoms with van der Waals surface area (Å²) in [6.07, 6.45) is 7.01. The fraction of sp³-hybridized carbons (Fsp3) is 0.516. The molecule has 1 N–H and O–H groups in total. The molecule has 0 spiro atoms. The maximum absolute atomic E-state index is 13.8. The van der Waals surface area contributed by atoms with E-state index in [1.165, 1.54) is 10.7 Å². The first kappa shape index (κ1) is 29.3.